The van der Waals surface area contributed by atoms with Gasteiger partial charge >= 0.3 is 0 Å². The summed E-state index contributed by atoms with van der Waals surface area (Å²) >= 11 is 0. The fourth-order valence-corrected chi connectivity index (χ4v) is 3.78. The van der Waals surface area contributed by atoms with E-state index in [0.717, 1.165) is 37.0 Å². The van der Waals surface area contributed by atoms with Crippen LogP contribution >= 0.6 is 0 Å². The summed E-state index contributed by atoms with van der Waals surface area (Å²) in [4.78, 5) is 11.0. The van der Waals surface area contributed by atoms with Crippen molar-refractivity contribution >= 4 is 10.9 Å². The molecule has 6 heteroatoms. The van der Waals surface area contributed by atoms with E-state index in [4.69, 9.17) is 4.42 Å². The molecule has 0 bridgehead atoms. The third-order valence-corrected chi connectivity index (χ3v) is 5.11. The number of nitrogens with zero attached hydrogens (tertiary/aromatic N) is 5. The minimum absolute atomic E-state index is 0.148. The first kappa shape index (κ1) is 16.1. The Hall–Kier alpha value is -3.12. The smallest absolute Gasteiger partial charge is 0.249 e. The Morgan fingerprint density at radius 3 is 2.93 bits per heavy atom. The molecular formula is C21H19N5O. The van der Waals surface area contributed by atoms with Gasteiger partial charge in [-0.15, -0.1) is 10.2 Å². The molecule has 0 amide bonds. The average molecular weight is 357 g/mol. The van der Waals surface area contributed by atoms with Crippen LogP contribution < -0.4 is 0 Å². The van der Waals surface area contributed by atoms with Crippen LogP contribution in [-0.4, -0.2) is 31.6 Å². The van der Waals surface area contributed by atoms with Crippen molar-refractivity contribution in [2.24, 2.45) is 0 Å². The fraction of sp³-hybridized carbons (Fsp3) is 0.238. The Labute approximate surface area is 156 Å². The Morgan fingerprint density at radius 2 is 2.00 bits per heavy atom. The predicted octanol–water partition coefficient (Wildman–Crippen LogP) is 4.02. The number of fused-ring (bicyclic) bond motifs is 1. The SMILES string of the molecule is c1cncc(-c2nnc([C@H]3CCCN3Cc3ccnc4ccccc34)o2)c1. The van der Waals surface area contributed by atoms with Gasteiger partial charge in [-0.2, -0.15) is 0 Å². The van der Waals surface area contributed by atoms with Gasteiger partial charge in [0.15, 0.2) is 0 Å². The molecule has 1 aliphatic heterocycles. The Balaban J connectivity index is 1.42. The van der Waals surface area contributed by atoms with Gasteiger partial charge in [0, 0.05) is 30.5 Å². The molecule has 1 atom stereocenters. The first-order valence-corrected chi connectivity index (χ1v) is 9.19. The number of pyridine rings is 2. The van der Waals surface area contributed by atoms with E-state index in [1.54, 1.807) is 12.4 Å². The van der Waals surface area contributed by atoms with Crippen LogP contribution in [0.1, 0.15) is 30.3 Å². The van der Waals surface area contributed by atoms with E-state index in [1.165, 1.54) is 10.9 Å². The fourth-order valence-electron chi connectivity index (χ4n) is 3.78. The highest BCUT2D eigenvalue weighted by molar-refractivity contribution is 5.81. The number of hydrogen-bond acceptors (Lipinski definition) is 6. The van der Waals surface area contributed by atoms with Crippen molar-refractivity contribution in [2.45, 2.75) is 25.4 Å². The van der Waals surface area contributed by atoms with Crippen LogP contribution in [0, 0.1) is 0 Å². The second-order valence-corrected chi connectivity index (χ2v) is 6.80. The normalized spacial score (nSPS) is 17.6. The summed E-state index contributed by atoms with van der Waals surface area (Å²) in [5, 5.41) is 9.76. The highest BCUT2D eigenvalue weighted by atomic mass is 16.4. The summed E-state index contributed by atoms with van der Waals surface area (Å²) in [5.74, 6) is 1.21. The van der Waals surface area contributed by atoms with Gasteiger partial charge in [0.1, 0.15) is 0 Å². The first-order valence-electron chi connectivity index (χ1n) is 9.19. The lowest BCUT2D eigenvalue weighted by atomic mass is 10.1. The summed E-state index contributed by atoms with van der Waals surface area (Å²) in [6.07, 6.45) is 7.51. The highest BCUT2D eigenvalue weighted by Gasteiger charge is 2.31. The topological polar surface area (TPSA) is 67.9 Å². The van der Waals surface area contributed by atoms with Crippen LogP contribution in [0.3, 0.4) is 0 Å². The van der Waals surface area contributed by atoms with Gasteiger partial charge in [-0.1, -0.05) is 18.2 Å². The Bertz CT molecular complexity index is 1060. The number of para-hydroxylation sites is 1. The van der Waals surface area contributed by atoms with Crippen molar-refractivity contribution in [1.29, 1.82) is 0 Å². The first-order chi connectivity index (χ1) is 13.4. The third kappa shape index (κ3) is 3.08. The van der Waals surface area contributed by atoms with E-state index < -0.39 is 0 Å². The van der Waals surface area contributed by atoms with Crippen LogP contribution in [0.25, 0.3) is 22.4 Å². The zero-order chi connectivity index (χ0) is 18.1. The summed E-state index contributed by atoms with van der Waals surface area (Å²) in [6.45, 7) is 1.87. The lowest BCUT2D eigenvalue weighted by Gasteiger charge is -2.22. The monoisotopic (exact) mass is 357 g/mol. The molecule has 0 saturated carbocycles. The lowest BCUT2D eigenvalue weighted by Crippen LogP contribution is -2.23. The van der Waals surface area contributed by atoms with Crippen LogP contribution in [-0.2, 0) is 6.54 Å². The zero-order valence-corrected chi connectivity index (χ0v) is 14.8. The van der Waals surface area contributed by atoms with E-state index in [-0.39, 0.29) is 6.04 Å². The van der Waals surface area contributed by atoms with Crippen molar-refractivity contribution < 1.29 is 4.42 Å². The molecule has 27 heavy (non-hydrogen) atoms. The molecule has 1 saturated heterocycles. The number of hydrogen-bond donors (Lipinski definition) is 0. The maximum Gasteiger partial charge on any atom is 0.249 e. The maximum absolute atomic E-state index is 5.99. The van der Waals surface area contributed by atoms with Gasteiger partial charge in [-0.05, 0) is 49.2 Å². The van der Waals surface area contributed by atoms with Gasteiger partial charge < -0.3 is 4.42 Å². The van der Waals surface area contributed by atoms with E-state index in [2.05, 4.69) is 49.3 Å². The quantitative estimate of drug-likeness (QED) is 0.549. The average Bonchev–Trinajstić information content (AvgIpc) is 3.38. The van der Waals surface area contributed by atoms with Crippen molar-refractivity contribution in [3.05, 3.63) is 72.5 Å². The Kier molecular flexibility index (Phi) is 4.10. The van der Waals surface area contributed by atoms with Crippen molar-refractivity contribution in [3.8, 4) is 11.5 Å². The van der Waals surface area contributed by atoms with Crippen LogP contribution in [0.2, 0.25) is 0 Å². The molecule has 3 aromatic heterocycles. The molecule has 1 fully saturated rings. The van der Waals surface area contributed by atoms with Crippen LogP contribution in [0.4, 0.5) is 0 Å². The molecule has 0 unspecified atom stereocenters. The molecule has 4 heterocycles. The second kappa shape index (κ2) is 6.89. The minimum Gasteiger partial charge on any atom is -0.419 e. The van der Waals surface area contributed by atoms with Gasteiger partial charge in [0.25, 0.3) is 0 Å². The second-order valence-electron chi connectivity index (χ2n) is 6.80. The van der Waals surface area contributed by atoms with Crippen molar-refractivity contribution in [2.75, 3.05) is 6.54 Å². The molecule has 0 aliphatic carbocycles. The van der Waals surface area contributed by atoms with Gasteiger partial charge in [0.05, 0.1) is 17.1 Å². The van der Waals surface area contributed by atoms with Crippen LogP contribution in [0.15, 0.2) is 65.5 Å². The summed E-state index contributed by atoms with van der Waals surface area (Å²) in [6, 6.07) is 14.3. The van der Waals surface area contributed by atoms with E-state index in [0.29, 0.717) is 11.8 Å². The highest BCUT2D eigenvalue weighted by Crippen LogP contribution is 2.34. The minimum atomic E-state index is 0.148. The summed E-state index contributed by atoms with van der Waals surface area (Å²) in [7, 11) is 0. The number of benzene rings is 1. The lowest BCUT2D eigenvalue weighted by molar-refractivity contribution is 0.216. The van der Waals surface area contributed by atoms with Crippen molar-refractivity contribution in [1.82, 2.24) is 25.1 Å². The van der Waals surface area contributed by atoms with E-state index >= 15 is 0 Å². The van der Waals surface area contributed by atoms with Crippen molar-refractivity contribution in [3.63, 3.8) is 0 Å². The largest absolute Gasteiger partial charge is 0.419 e. The zero-order valence-electron chi connectivity index (χ0n) is 14.8. The molecule has 0 spiro atoms. The molecule has 134 valence electrons. The Morgan fingerprint density at radius 1 is 1.04 bits per heavy atom. The molecule has 4 aromatic rings. The van der Waals surface area contributed by atoms with E-state index in [1.807, 2.05) is 24.4 Å². The molecule has 0 N–H and O–H groups in total. The molecule has 1 aromatic carbocycles. The predicted molar refractivity (Wildman–Crippen MR) is 102 cm³/mol. The number of rotatable bonds is 4. The number of aromatic nitrogens is 4. The molecule has 5 rings (SSSR count). The third-order valence-electron chi connectivity index (χ3n) is 5.11. The molecular weight excluding hydrogens is 338 g/mol. The molecule has 6 nitrogen and oxygen atoms in total. The van der Waals surface area contributed by atoms with Gasteiger partial charge in [-0.25, -0.2) is 0 Å². The summed E-state index contributed by atoms with van der Waals surface area (Å²) in [5.41, 5.74) is 3.16. The van der Waals surface area contributed by atoms with Crippen LogP contribution in [0.5, 0.6) is 0 Å². The summed E-state index contributed by atoms with van der Waals surface area (Å²) < 4.78 is 5.99. The van der Waals surface area contributed by atoms with Gasteiger partial charge in [-0.3, -0.25) is 14.9 Å². The van der Waals surface area contributed by atoms with Gasteiger partial charge in [0.2, 0.25) is 11.8 Å². The molecule has 1 aliphatic rings. The maximum atomic E-state index is 5.99. The van der Waals surface area contributed by atoms with E-state index in [9.17, 15) is 0 Å². The standard InChI is InChI=1S/C21H19N5O/c1-2-7-18-17(6-1)16(9-11-23-18)14-26-12-4-8-19(26)21-25-24-20(27-21)15-5-3-10-22-13-15/h1-3,5-7,9-11,13,19H,4,8,12,14H2/t19-/m1/s1. The molecule has 0 radical (unpaired) electrons. The number of likely N-dealkylation sites (tertiary alicyclic amines) is 1.